The van der Waals surface area contributed by atoms with Gasteiger partial charge in [0.25, 0.3) is 5.91 Å². The quantitative estimate of drug-likeness (QED) is 0.764. The second kappa shape index (κ2) is 8.47. The lowest BCUT2D eigenvalue weighted by molar-refractivity contribution is -0.149. The van der Waals surface area contributed by atoms with Crippen LogP contribution in [-0.4, -0.2) is 83.4 Å². The fourth-order valence-electron chi connectivity index (χ4n) is 4.15. The number of nitrogens with zero attached hydrogens (tertiary/aromatic N) is 4. The third-order valence-corrected chi connectivity index (χ3v) is 6.26. The van der Waals surface area contributed by atoms with Crippen LogP contribution in [0.1, 0.15) is 31.4 Å². The Bertz CT molecular complexity index is 698. The molecule has 3 fully saturated rings. The fourth-order valence-corrected chi connectivity index (χ4v) is 4.15. The Kier molecular flexibility index (Phi) is 5.80. The van der Waals surface area contributed by atoms with Crippen molar-refractivity contribution in [1.82, 2.24) is 19.7 Å². The Morgan fingerprint density at radius 2 is 1.89 bits per heavy atom. The highest BCUT2D eigenvalue weighted by Crippen LogP contribution is 2.26. The highest BCUT2D eigenvalue weighted by molar-refractivity contribution is 5.85. The van der Waals surface area contributed by atoms with Crippen LogP contribution in [0.5, 0.6) is 5.75 Å². The van der Waals surface area contributed by atoms with E-state index in [1.54, 1.807) is 11.1 Å². The van der Waals surface area contributed by atoms with Gasteiger partial charge in [0.05, 0.1) is 12.1 Å². The minimum atomic E-state index is -0.0725. The molecule has 1 saturated carbocycles. The van der Waals surface area contributed by atoms with E-state index in [9.17, 15) is 9.59 Å². The van der Waals surface area contributed by atoms with E-state index in [0.717, 1.165) is 44.3 Å². The second-order valence-corrected chi connectivity index (χ2v) is 8.22. The molecule has 0 aromatic carbocycles. The van der Waals surface area contributed by atoms with Crippen LogP contribution in [0.15, 0.2) is 18.3 Å². The van der Waals surface area contributed by atoms with E-state index in [1.807, 2.05) is 24.0 Å². The van der Waals surface area contributed by atoms with E-state index in [-0.39, 0.29) is 24.3 Å². The molecule has 0 radical (unpaired) electrons. The smallest absolute Gasteiger partial charge is 0.260 e. The van der Waals surface area contributed by atoms with Crippen molar-refractivity contribution in [2.45, 2.75) is 38.6 Å². The molecule has 2 aliphatic heterocycles. The summed E-state index contributed by atoms with van der Waals surface area (Å²) in [6, 6.07) is 4.41. The molecular weight excluding hydrogens is 356 g/mol. The highest BCUT2D eigenvalue weighted by atomic mass is 16.5. The van der Waals surface area contributed by atoms with Gasteiger partial charge in [0, 0.05) is 51.0 Å². The summed E-state index contributed by atoms with van der Waals surface area (Å²) < 4.78 is 5.50. The molecular formula is C21H30N4O3. The molecule has 0 spiro atoms. The normalized spacial score (nSPS) is 21.6. The molecule has 1 aromatic heterocycles. The molecule has 1 aromatic rings. The Morgan fingerprint density at radius 3 is 2.57 bits per heavy atom. The number of likely N-dealkylation sites (tertiary alicyclic amines) is 1. The predicted molar refractivity (Wildman–Crippen MR) is 105 cm³/mol. The number of carbonyl (C=O) groups excluding carboxylic acids is 2. The van der Waals surface area contributed by atoms with Gasteiger partial charge < -0.3 is 14.5 Å². The number of aromatic nitrogens is 1. The monoisotopic (exact) mass is 386 g/mol. The van der Waals surface area contributed by atoms with E-state index in [0.29, 0.717) is 18.8 Å². The second-order valence-electron chi connectivity index (χ2n) is 8.22. The van der Waals surface area contributed by atoms with Crippen molar-refractivity contribution >= 4 is 11.8 Å². The molecule has 0 unspecified atom stereocenters. The van der Waals surface area contributed by atoms with Crippen molar-refractivity contribution in [2.24, 2.45) is 5.92 Å². The molecule has 0 atom stereocenters. The Hall–Kier alpha value is -2.15. The minimum absolute atomic E-state index is 0.00822. The number of pyridine rings is 1. The van der Waals surface area contributed by atoms with Crippen molar-refractivity contribution in [1.29, 1.82) is 0 Å². The zero-order chi connectivity index (χ0) is 19.5. The maximum atomic E-state index is 12.8. The number of hydrogen-bond donors (Lipinski definition) is 0. The Labute approximate surface area is 166 Å². The summed E-state index contributed by atoms with van der Waals surface area (Å²) in [6.45, 7) is 6.68. The van der Waals surface area contributed by atoms with Gasteiger partial charge in [-0.3, -0.25) is 19.5 Å². The largest absolute Gasteiger partial charge is 0.482 e. The first-order valence-electron chi connectivity index (χ1n) is 10.5. The standard InChI is InChI=1S/C21H30N4O3/c1-16-6-7-19(12-22-16)28-15-20(26)25-13-17(14-25)21(27)24-9-3-8-23(10-11-24)18-4-2-5-18/h6-7,12,17-18H,2-5,8-11,13-15H2,1H3. The molecule has 4 rings (SSSR count). The molecule has 2 amide bonds. The van der Waals surface area contributed by atoms with E-state index in [1.165, 1.54) is 19.3 Å². The lowest BCUT2D eigenvalue weighted by Crippen LogP contribution is -2.57. The SMILES string of the molecule is Cc1ccc(OCC(=O)N2CC(C(=O)N3CCCN(C4CCC4)CC3)C2)cn1. The minimum Gasteiger partial charge on any atom is -0.482 e. The summed E-state index contributed by atoms with van der Waals surface area (Å²) in [5.41, 5.74) is 0.909. The van der Waals surface area contributed by atoms with Gasteiger partial charge in [-0.25, -0.2) is 0 Å². The summed E-state index contributed by atoms with van der Waals surface area (Å²) in [7, 11) is 0. The zero-order valence-corrected chi connectivity index (χ0v) is 16.7. The molecule has 152 valence electrons. The molecule has 3 heterocycles. The van der Waals surface area contributed by atoms with Crippen LogP contribution in [0.2, 0.25) is 0 Å². The zero-order valence-electron chi connectivity index (χ0n) is 16.7. The molecule has 3 aliphatic rings. The first-order chi connectivity index (χ1) is 13.6. The van der Waals surface area contributed by atoms with Crippen LogP contribution in [-0.2, 0) is 9.59 Å². The molecule has 0 N–H and O–H groups in total. The molecule has 0 bridgehead atoms. The topological polar surface area (TPSA) is 66.0 Å². The maximum Gasteiger partial charge on any atom is 0.260 e. The number of aryl methyl sites for hydroxylation is 1. The van der Waals surface area contributed by atoms with Gasteiger partial charge >= 0.3 is 0 Å². The van der Waals surface area contributed by atoms with Crippen LogP contribution in [0.4, 0.5) is 0 Å². The average molecular weight is 386 g/mol. The van der Waals surface area contributed by atoms with Crippen LogP contribution in [0.25, 0.3) is 0 Å². The van der Waals surface area contributed by atoms with E-state index in [2.05, 4.69) is 9.88 Å². The van der Waals surface area contributed by atoms with E-state index >= 15 is 0 Å². The van der Waals surface area contributed by atoms with Crippen molar-refractivity contribution < 1.29 is 14.3 Å². The molecule has 7 nitrogen and oxygen atoms in total. The molecule has 7 heteroatoms. The van der Waals surface area contributed by atoms with E-state index < -0.39 is 0 Å². The predicted octanol–water partition coefficient (Wildman–Crippen LogP) is 1.31. The third kappa shape index (κ3) is 4.29. The maximum absolute atomic E-state index is 12.8. The van der Waals surface area contributed by atoms with Crippen LogP contribution >= 0.6 is 0 Å². The number of carbonyl (C=O) groups is 2. The number of amides is 2. The molecule has 2 saturated heterocycles. The van der Waals surface area contributed by atoms with Gasteiger partial charge in [0.15, 0.2) is 6.61 Å². The summed E-state index contributed by atoms with van der Waals surface area (Å²) in [6.07, 6.45) is 6.65. The van der Waals surface area contributed by atoms with Gasteiger partial charge in [0.2, 0.25) is 5.91 Å². The van der Waals surface area contributed by atoms with Crippen molar-refractivity contribution in [3.63, 3.8) is 0 Å². The summed E-state index contributed by atoms with van der Waals surface area (Å²) in [4.78, 5) is 35.5. The van der Waals surface area contributed by atoms with Gasteiger partial charge in [-0.1, -0.05) is 6.42 Å². The van der Waals surface area contributed by atoms with Crippen molar-refractivity contribution in [3.8, 4) is 5.75 Å². The number of ether oxygens (including phenoxy) is 1. The van der Waals surface area contributed by atoms with Crippen LogP contribution < -0.4 is 4.74 Å². The van der Waals surface area contributed by atoms with Gasteiger partial charge in [-0.2, -0.15) is 0 Å². The first kappa shape index (κ1) is 19.2. The van der Waals surface area contributed by atoms with Gasteiger partial charge in [-0.05, 0) is 38.3 Å². The number of rotatable bonds is 5. The fraction of sp³-hybridized carbons (Fsp3) is 0.667. The van der Waals surface area contributed by atoms with E-state index in [4.69, 9.17) is 4.74 Å². The first-order valence-corrected chi connectivity index (χ1v) is 10.5. The number of hydrogen-bond acceptors (Lipinski definition) is 5. The van der Waals surface area contributed by atoms with Crippen molar-refractivity contribution in [3.05, 3.63) is 24.0 Å². The van der Waals surface area contributed by atoms with Gasteiger partial charge in [0.1, 0.15) is 5.75 Å². The van der Waals surface area contributed by atoms with Crippen LogP contribution in [0.3, 0.4) is 0 Å². The Balaban J connectivity index is 1.19. The average Bonchev–Trinajstić information content (AvgIpc) is 2.84. The van der Waals surface area contributed by atoms with Crippen molar-refractivity contribution in [2.75, 3.05) is 45.9 Å². The Morgan fingerprint density at radius 1 is 1.07 bits per heavy atom. The summed E-state index contributed by atoms with van der Waals surface area (Å²) in [5, 5.41) is 0. The summed E-state index contributed by atoms with van der Waals surface area (Å²) in [5.74, 6) is 0.674. The summed E-state index contributed by atoms with van der Waals surface area (Å²) >= 11 is 0. The lowest BCUT2D eigenvalue weighted by Gasteiger charge is -2.40. The van der Waals surface area contributed by atoms with Crippen LogP contribution in [0, 0.1) is 12.8 Å². The third-order valence-electron chi connectivity index (χ3n) is 6.26. The molecule has 28 heavy (non-hydrogen) atoms. The lowest BCUT2D eigenvalue weighted by atomic mass is 9.91. The van der Waals surface area contributed by atoms with Gasteiger partial charge in [-0.15, -0.1) is 0 Å². The highest BCUT2D eigenvalue weighted by Gasteiger charge is 2.38. The molecule has 1 aliphatic carbocycles.